The van der Waals surface area contributed by atoms with Crippen LogP contribution in [0.5, 0.6) is 5.75 Å². The van der Waals surface area contributed by atoms with E-state index in [4.69, 9.17) is 10.5 Å². The number of carbonyl (C=O) groups excluding carboxylic acids is 2. The van der Waals surface area contributed by atoms with Crippen molar-refractivity contribution in [1.82, 2.24) is 0 Å². The molecule has 6 nitrogen and oxygen atoms in total. The highest BCUT2D eigenvalue weighted by atomic mass is 16.5. The molecule has 1 aliphatic heterocycles. The summed E-state index contributed by atoms with van der Waals surface area (Å²) in [5.41, 5.74) is 9.22. The van der Waals surface area contributed by atoms with Gasteiger partial charge < -0.3 is 20.7 Å². The molecule has 0 aliphatic carbocycles. The zero-order chi connectivity index (χ0) is 21.1. The number of nitrogens with one attached hydrogen (secondary N) is 1. The molecule has 0 bridgehead atoms. The van der Waals surface area contributed by atoms with E-state index >= 15 is 0 Å². The van der Waals surface area contributed by atoms with Crippen molar-refractivity contribution < 1.29 is 14.3 Å². The van der Waals surface area contributed by atoms with Crippen LogP contribution in [0.2, 0.25) is 0 Å². The third-order valence-electron chi connectivity index (χ3n) is 5.31. The second-order valence-corrected chi connectivity index (χ2v) is 7.28. The first kappa shape index (κ1) is 19.5. The maximum atomic E-state index is 13.1. The van der Waals surface area contributed by atoms with Gasteiger partial charge in [-0.25, -0.2) is 0 Å². The Morgan fingerprint density at radius 3 is 2.63 bits per heavy atom. The molecule has 0 saturated heterocycles. The van der Waals surface area contributed by atoms with Gasteiger partial charge in [-0.15, -0.1) is 0 Å². The lowest BCUT2D eigenvalue weighted by Crippen LogP contribution is -2.30. The molecule has 3 aromatic carbocycles. The fourth-order valence-electron chi connectivity index (χ4n) is 3.77. The van der Waals surface area contributed by atoms with Crippen LogP contribution in [0.3, 0.4) is 0 Å². The van der Waals surface area contributed by atoms with Gasteiger partial charge in [0.25, 0.3) is 0 Å². The van der Waals surface area contributed by atoms with Crippen LogP contribution >= 0.6 is 0 Å². The lowest BCUT2D eigenvalue weighted by molar-refractivity contribution is -0.117. The smallest absolute Gasteiger partial charge is 0.248 e. The summed E-state index contributed by atoms with van der Waals surface area (Å²) in [5, 5.41) is 2.99. The quantitative estimate of drug-likeness (QED) is 0.685. The van der Waals surface area contributed by atoms with E-state index in [0.29, 0.717) is 24.3 Å². The Bertz CT molecular complexity index is 1080. The minimum Gasteiger partial charge on any atom is -0.497 e. The lowest BCUT2D eigenvalue weighted by Gasteiger charge is -2.27. The van der Waals surface area contributed by atoms with Gasteiger partial charge in [-0.2, -0.15) is 0 Å². The second kappa shape index (κ2) is 8.29. The Morgan fingerprint density at radius 1 is 1.10 bits per heavy atom. The molecule has 3 aromatic rings. The zero-order valence-electron chi connectivity index (χ0n) is 16.7. The number of nitrogens with zero attached hydrogens (tertiary/aromatic N) is 1. The summed E-state index contributed by atoms with van der Waals surface area (Å²) in [4.78, 5) is 26.9. The van der Waals surface area contributed by atoms with Gasteiger partial charge in [-0.3, -0.25) is 9.59 Å². The van der Waals surface area contributed by atoms with Crippen LogP contribution in [0.4, 0.5) is 11.4 Å². The third-order valence-corrected chi connectivity index (χ3v) is 5.31. The van der Waals surface area contributed by atoms with Crippen molar-refractivity contribution in [2.45, 2.75) is 12.5 Å². The molecule has 3 N–H and O–H groups in total. The Kier molecular flexibility index (Phi) is 5.39. The number of rotatable bonds is 5. The number of benzene rings is 3. The molecular formula is C24H23N3O3. The van der Waals surface area contributed by atoms with E-state index in [9.17, 15) is 9.59 Å². The molecule has 0 spiro atoms. The number of hydrogen-bond acceptors (Lipinski definition) is 4. The van der Waals surface area contributed by atoms with E-state index in [0.717, 1.165) is 22.6 Å². The Morgan fingerprint density at radius 2 is 1.90 bits per heavy atom. The summed E-state index contributed by atoms with van der Waals surface area (Å²) >= 11 is 0. The van der Waals surface area contributed by atoms with Gasteiger partial charge in [0.15, 0.2) is 0 Å². The molecule has 4 rings (SSSR count). The normalized spacial score (nSPS) is 15.7. The van der Waals surface area contributed by atoms with Crippen LogP contribution in [0.1, 0.15) is 27.4 Å². The van der Waals surface area contributed by atoms with Gasteiger partial charge in [-0.05, 0) is 41.5 Å². The number of amides is 2. The monoisotopic (exact) mass is 401 g/mol. The van der Waals surface area contributed by atoms with E-state index < -0.39 is 5.91 Å². The molecule has 1 atom stereocenters. The lowest BCUT2D eigenvalue weighted by atomic mass is 9.97. The molecule has 1 aliphatic rings. The number of carbonyl (C=O) groups is 2. The van der Waals surface area contributed by atoms with Crippen molar-refractivity contribution >= 4 is 23.2 Å². The topological polar surface area (TPSA) is 84.7 Å². The molecule has 0 fully saturated rings. The molecule has 2 amide bonds. The highest BCUT2D eigenvalue weighted by Gasteiger charge is 2.29. The number of primary amides is 1. The average Bonchev–Trinajstić information content (AvgIpc) is 2.90. The van der Waals surface area contributed by atoms with Crippen LogP contribution in [0, 0.1) is 0 Å². The standard InChI is InChI=1S/C24H23N3O3/c1-30-19-9-5-6-16(12-19)14-27-15-20(17-7-3-2-4-8-17)24(29)26-21-13-18(23(25)28)10-11-22(21)27/h2-13,20H,14-15H2,1H3,(H2,25,28)(H,26,29). The molecule has 0 saturated carbocycles. The van der Waals surface area contributed by atoms with Crippen molar-refractivity contribution in [2.24, 2.45) is 5.73 Å². The summed E-state index contributed by atoms with van der Waals surface area (Å²) in [5.74, 6) is -0.228. The van der Waals surface area contributed by atoms with Crippen molar-refractivity contribution in [3.63, 3.8) is 0 Å². The highest BCUT2D eigenvalue weighted by Crippen LogP contribution is 2.35. The van der Waals surface area contributed by atoms with Gasteiger partial charge in [0.1, 0.15) is 5.75 Å². The molecule has 1 heterocycles. The summed E-state index contributed by atoms with van der Waals surface area (Å²) in [7, 11) is 1.64. The zero-order valence-corrected chi connectivity index (χ0v) is 16.7. The van der Waals surface area contributed by atoms with Crippen LogP contribution in [-0.4, -0.2) is 25.5 Å². The van der Waals surface area contributed by atoms with Crippen molar-refractivity contribution in [3.8, 4) is 5.75 Å². The van der Waals surface area contributed by atoms with Crippen LogP contribution in [0.15, 0.2) is 72.8 Å². The molecule has 1 unspecified atom stereocenters. The first-order valence-corrected chi connectivity index (χ1v) is 9.72. The van der Waals surface area contributed by atoms with Crippen molar-refractivity contribution in [1.29, 1.82) is 0 Å². The Balaban J connectivity index is 1.76. The number of fused-ring (bicyclic) bond motifs is 1. The number of methoxy groups -OCH3 is 1. The van der Waals surface area contributed by atoms with Crippen LogP contribution in [-0.2, 0) is 11.3 Å². The second-order valence-electron chi connectivity index (χ2n) is 7.28. The molecule has 30 heavy (non-hydrogen) atoms. The molecular weight excluding hydrogens is 378 g/mol. The first-order valence-electron chi connectivity index (χ1n) is 9.72. The minimum absolute atomic E-state index is 0.114. The SMILES string of the molecule is COc1cccc(CN2CC(c3ccccc3)C(=O)Nc3cc(C(N)=O)ccc32)c1. The first-order chi connectivity index (χ1) is 14.5. The van der Waals surface area contributed by atoms with E-state index in [1.807, 2.05) is 60.7 Å². The molecule has 6 heteroatoms. The van der Waals surface area contributed by atoms with E-state index in [2.05, 4.69) is 10.2 Å². The average molecular weight is 401 g/mol. The predicted molar refractivity (Wildman–Crippen MR) is 117 cm³/mol. The number of ether oxygens (including phenoxy) is 1. The number of nitrogens with two attached hydrogens (primary N) is 1. The summed E-state index contributed by atoms with van der Waals surface area (Å²) in [6.45, 7) is 1.08. The van der Waals surface area contributed by atoms with Crippen molar-refractivity contribution in [2.75, 3.05) is 23.9 Å². The summed E-state index contributed by atoms with van der Waals surface area (Å²) in [6.07, 6.45) is 0. The number of hydrogen-bond donors (Lipinski definition) is 2. The molecule has 0 radical (unpaired) electrons. The maximum Gasteiger partial charge on any atom is 0.248 e. The third kappa shape index (κ3) is 3.98. The van der Waals surface area contributed by atoms with Gasteiger partial charge in [0.2, 0.25) is 11.8 Å². The highest BCUT2D eigenvalue weighted by molar-refractivity contribution is 6.03. The van der Waals surface area contributed by atoms with Crippen molar-refractivity contribution in [3.05, 3.63) is 89.5 Å². The van der Waals surface area contributed by atoms with E-state index in [1.54, 1.807) is 19.2 Å². The fourth-order valence-corrected chi connectivity index (χ4v) is 3.77. The van der Waals surface area contributed by atoms with E-state index in [-0.39, 0.29) is 11.8 Å². The van der Waals surface area contributed by atoms with Gasteiger partial charge in [0.05, 0.1) is 24.4 Å². The Hall–Kier alpha value is -3.80. The van der Waals surface area contributed by atoms with Gasteiger partial charge in [0, 0.05) is 18.7 Å². The van der Waals surface area contributed by atoms with Gasteiger partial charge >= 0.3 is 0 Å². The maximum absolute atomic E-state index is 13.1. The minimum atomic E-state index is -0.532. The van der Waals surface area contributed by atoms with Gasteiger partial charge in [-0.1, -0.05) is 42.5 Å². The van der Waals surface area contributed by atoms with Crippen LogP contribution < -0.4 is 20.7 Å². The van der Waals surface area contributed by atoms with E-state index in [1.165, 1.54) is 0 Å². The Labute approximate surface area is 175 Å². The fraction of sp³-hybridized carbons (Fsp3) is 0.167. The largest absolute Gasteiger partial charge is 0.497 e. The van der Waals surface area contributed by atoms with Crippen LogP contribution in [0.25, 0.3) is 0 Å². The molecule has 0 aromatic heterocycles. The predicted octanol–water partition coefficient (Wildman–Crippen LogP) is 3.54. The number of anilines is 2. The summed E-state index contributed by atoms with van der Waals surface area (Å²) < 4.78 is 5.35. The summed E-state index contributed by atoms with van der Waals surface area (Å²) in [6, 6.07) is 22.7. The molecule has 152 valence electrons.